The highest BCUT2D eigenvalue weighted by atomic mass is 35.5. The first-order valence-electron chi connectivity index (χ1n) is 5.65. The van der Waals surface area contributed by atoms with Crippen LogP contribution in [0.5, 0.6) is 0 Å². The highest BCUT2D eigenvalue weighted by Crippen LogP contribution is 2.37. The second-order valence-electron chi connectivity index (χ2n) is 4.44. The van der Waals surface area contributed by atoms with Gasteiger partial charge in [0.05, 0.1) is 5.38 Å². The third-order valence-corrected chi connectivity index (χ3v) is 3.47. The fraction of sp³-hybridized carbons (Fsp3) is 0.462. The zero-order chi connectivity index (χ0) is 11.5. The van der Waals surface area contributed by atoms with E-state index in [1.807, 2.05) is 30.3 Å². The van der Waals surface area contributed by atoms with Gasteiger partial charge < -0.3 is 5.32 Å². The molecule has 0 saturated heterocycles. The van der Waals surface area contributed by atoms with E-state index in [1.54, 1.807) is 0 Å². The molecule has 3 unspecified atom stereocenters. The fourth-order valence-electron chi connectivity index (χ4n) is 1.79. The smallest absolute Gasteiger partial charge is 0.223 e. The number of carbonyl (C=O) groups excluding carboxylic acids is 1. The molecule has 0 heterocycles. The van der Waals surface area contributed by atoms with Crippen molar-refractivity contribution >= 4 is 17.5 Å². The quantitative estimate of drug-likeness (QED) is 0.802. The van der Waals surface area contributed by atoms with Crippen molar-refractivity contribution in [2.45, 2.75) is 18.7 Å². The number of halogens is 1. The van der Waals surface area contributed by atoms with Crippen LogP contribution in [-0.2, 0) is 4.79 Å². The highest BCUT2D eigenvalue weighted by molar-refractivity contribution is 6.21. The van der Waals surface area contributed by atoms with E-state index in [0.29, 0.717) is 12.5 Å². The molecule has 0 spiro atoms. The van der Waals surface area contributed by atoms with Gasteiger partial charge in [0.25, 0.3) is 0 Å². The van der Waals surface area contributed by atoms with Gasteiger partial charge in [0.15, 0.2) is 0 Å². The molecule has 0 aliphatic heterocycles. The zero-order valence-electron chi connectivity index (χ0n) is 9.32. The number of alkyl halides is 1. The molecule has 3 atom stereocenters. The van der Waals surface area contributed by atoms with E-state index >= 15 is 0 Å². The predicted molar refractivity (Wildman–Crippen MR) is 65.3 cm³/mol. The molecule has 1 amide bonds. The van der Waals surface area contributed by atoms with Gasteiger partial charge in [0.1, 0.15) is 0 Å². The average molecular weight is 238 g/mol. The third kappa shape index (κ3) is 2.76. The summed E-state index contributed by atoms with van der Waals surface area (Å²) < 4.78 is 0. The predicted octanol–water partition coefficient (Wildman–Crippen LogP) is 2.74. The molecular weight excluding hydrogens is 222 g/mol. The maximum atomic E-state index is 11.6. The monoisotopic (exact) mass is 237 g/mol. The summed E-state index contributed by atoms with van der Waals surface area (Å²) in [5.41, 5.74) is 1.05. The van der Waals surface area contributed by atoms with Crippen molar-refractivity contribution in [2.24, 2.45) is 11.8 Å². The van der Waals surface area contributed by atoms with Crippen molar-refractivity contribution < 1.29 is 4.79 Å². The van der Waals surface area contributed by atoms with Gasteiger partial charge in [-0.05, 0) is 17.9 Å². The summed E-state index contributed by atoms with van der Waals surface area (Å²) in [6.45, 7) is 2.60. The largest absolute Gasteiger partial charge is 0.354 e. The van der Waals surface area contributed by atoms with Gasteiger partial charge >= 0.3 is 0 Å². The molecule has 1 aliphatic rings. The van der Waals surface area contributed by atoms with Crippen LogP contribution in [0.3, 0.4) is 0 Å². The molecule has 86 valence electrons. The molecule has 2 nitrogen and oxygen atoms in total. The van der Waals surface area contributed by atoms with Gasteiger partial charge in [-0.2, -0.15) is 0 Å². The minimum Gasteiger partial charge on any atom is -0.354 e. The van der Waals surface area contributed by atoms with Crippen molar-refractivity contribution in [3.05, 3.63) is 35.9 Å². The molecule has 1 aromatic carbocycles. The van der Waals surface area contributed by atoms with Crippen molar-refractivity contribution in [3.8, 4) is 0 Å². The lowest BCUT2D eigenvalue weighted by Gasteiger charge is -2.10. The van der Waals surface area contributed by atoms with Crippen LogP contribution in [0.15, 0.2) is 30.3 Å². The van der Waals surface area contributed by atoms with Crippen molar-refractivity contribution in [2.75, 3.05) is 6.54 Å². The van der Waals surface area contributed by atoms with Crippen LogP contribution in [0, 0.1) is 11.8 Å². The maximum absolute atomic E-state index is 11.6. The van der Waals surface area contributed by atoms with Crippen LogP contribution in [0.2, 0.25) is 0 Å². The van der Waals surface area contributed by atoms with Crippen LogP contribution in [0.4, 0.5) is 0 Å². The lowest BCUT2D eigenvalue weighted by Crippen LogP contribution is -2.28. The van der Waals surface area contributed by atoms with Crippen LogP contribution >= 0.6 is 11.6 Å². The summed E-state index contributed by atoms with van der Waals surface area (Å²) in [4.78, 5) is 11.6. The van der Waals surface area contributed by atoms with E-state index in [0.717, 1.165) is 12.0 Å². The summed E-state index contributed by atoms with van der Waals surface area (Å²) in [7, 11) is 0. The Morgan fingerprint density at radius 1 is 1.50 bits per heavy atom. The lowest BCUT2D eigenvalue weighted by atomic mass is 10.1. The minimum atomic E-state index is -0.140. The molecule has 0 bridgehead atoms. The number of rotatable bonds is 4. The average Bonchev–Trinajstić information content (AvgIpc) is 3.04. The van der Waals surface area contributed by atoms with Gasteiger partial charge in [-0.25, -0.2) is 0 Å². The maximum Gasteiger partial charge on any atom is 0.223 e. The minimum absolute atomic E-state index is 0.140. The molecular formula is C13H16ClNO. The number of carbonyl (C=O) groups is 1. The van der Waals surface area contributed by atoms with Gasteiger partial charge in [-0.15, -0.1) is 11.6 Å². The van der Waals surface area contributed by atoms with Crippen molar-refractivity contribution in [1.82, 2.24) is 5.32 Å². The third-order valence-electron chi connectivity index (χ3n) is 3.06. The summed E-state index contributed by atoms with van der Waals surface area (Å²) >= 11 is 6.20. The molecule has 3 heteroatoms. The molecule has 0 radical (unpaired) electrons. The summed E-state index contributed by atoms with van der Waals surface area (Å²) in [5, 5.41) is 2.76. The van der Waals surface area contributed by atoms with Crippen molar-refractivity contribution in [1.29, 1.82) is 0 Å². The fourth-order valence-corrected chi connectivity index (χ4v) is 2.01. The molecule has 16 heavy (non-hydrogen) atoms. The van der Waals surface area contributed by atoms with E-state index < -0.39 is 0 Å². The summed E-state index contributed by atoms with van der Waals surface area (Å²) in [5.74, 6) is 0.916. The number of amides is 1. The second-order valence-corrected chi connectivity index (χ2v) is 4.97. The molecule has 1 aliphatic carbocycles. The summed E-state index contributed by atoms with van der Waals surface area (Å²) in [6.07, 6.45) is 1.02. The van der Waals surface area contributed by atoms with E-state index in [2.05, 4.69) is 12.2 Å². The van der Waals surface area contributed by atoms with Gasteiger partial charge in [0.2, 0.25) is 5.91 Å². The SMILES string of the molecule is CC1CC1C(=O)NCC(Cl)c1ccccc1. The van der Waals surface area contributed by atoms with Crippen LogP contribution < -0.4 is 5.32 Å². The Morgan fingerprint density at radius 2 is 2.12 bits per heavy atom. The first kappa shape index (κ1) is 11.5. The Labute approximate surface area is 101 Å². The molecule has 1 fully saturated rings. The van der Waals surface area contributed by atoms with E-state index in [9.17, 15) is 4.79 Å². The van der Waals surface area contributed by atoms with Gasteiger partial charge in [0, 0.05) is 12.5 Å². The number of benzene rings is 1. The summed E-state index contributed by atoms with van der Waals surface area (Å²) in [6, 6.07) is 9.82. The van der Waals surface area contributed by atoms with E-state index in [4.69, 9.17) is 11.6 Å². The van der Waals surface area contributed by atoms with Gasteiger partial charge in [-0.1, -0.05) is 37.3 Å². The molecule has 1 aromatic rings. The molecule has 0 aromatic heterocycles. The zero-order valence-corrected chi connectivity index (χ0v) is 10.1. The van der Waals surface area contributed by atoms with E-state index in [-0.39, 0.29) is 17.2 Å². The normalized spacial score (nSPS) is 24.9. The van der Waals surface area contributed by atoms with Crippen LogP contribution in [0.1, 0.15) is 24.3 Å². The topological polar surface area (TPSA) is 29.1 Å². The van der Waals surface area contributed by atoms with Gasteiger partial charge in [-0.3, -0.25) is 4.79 Å². The Morgan fingerprint density at radius 3 is 2.69 bits per heavy atom. The molecule has 2 rings (SSSR count). The Hall–Kier alpha value is -1.02. The first-order valence-corrected chi connectivity index (χ1v) is 6.09. The van der Waals surface area contributed by atoms with Crippen molar-refractivity contribution in [3.63, 3.8) is 0 Å². The second kappa shape index (κ2) is 4.88. The van der Waals surface area contributed by atoms with E-state index in [1.165, 1.54) is 0 Å². The Balaban J connectivity index is 1.80. The standard InChI is InChI=1S/C13H16ClNO/c1-9-7-11(9)13(16)15-8-12(14)10-5-3-2-4-6-10/h2-6,9,11-12H,7-8H2,1H3,(H,15,16). The van der Waals surface area contributed by atoms with Crippen LogP contribution in [-0.4, -0.2) is 12.5 Å². The number of hydrogen-bond donors (Lipinski definition) is 1. The Bertz CT molecular complexity index is 365. The lowest BCUT2D eigenvalue weighted by molar-refractivity contribution is -0.122. The number of hydrogen-bond acceptors (Lipinski definition) is 1. The first-order chi connectivity index (χ1) is 7.68. The Kier molecular flexibility index (Phi) is 3.49. The number of nitrogens with one attached hydrogen (secondary N) is 1. The highest BCUT2D eigenvalue weighted by Gasteiger charge is 2.38. The molecule has 1 N–H and O–H groups in total. The van der Waals surface area contributed by atoms with Crippen LogP contribution in [0.25, 0.3) is 0 Å². The molecule has 1 saturated carbocycles.